The van der Waals surface area contributed by atoms with Crippen LogP contribution < -0.4 is 10.9 Å². The number of thioether (sulfide) groups is 1. The molecule has 0 atom stereocenters. The molecule has 0 aliphatic carbocycles. The first kappa shape index (κ1) is 22.8. The van der Waals surface area contributed by atoms with Crippen LogP contribution in [0, 0.1) is 13.8 Å². The molecule has 0 radical (unpaired) electrons. The number of hydrogen-bond donors (Lipinski definition) is 1. The van der Waals surface area contributed by atoms with Gasteiger partial charge >= 0.3 is 0 Å². The molecule has 4 rings (SSSR count). The normalized spacial score (nSPS) is 11.1. The van der Waals surface area contributed by atoms with Crippen LogP contribution in [-0.2, 0) is 24.3 Å². The topological polar surface area (TPSA) is 81.8 Å². The number of nitrogens with one attached hydrogen (secondary N) is 1. The number of carbonyl (C=O) groups excluding carboxylic acids is 1. The van der Waals surface area contributed by atoms with Crippen molar-refractivity contribution in [3.63, 3.8) is 0 Å². The first-order chi connectivity index (χ1) is 15.9. The van der Waals surface area contributed by atoms with E-state index >= 15 is 0 Å². The Hall–Kier alpha value is -3.39. The van der Waals surface area contributed by atoms with Gasteiger partial charge in [0.25, 0.3) is 5.56 Å². The molecule has 0 saturated heterocycles. The van der Waals surface area contributed by atoms with Crippen LogP contribution in [0.1, 0.15) is 23.6 Å². The molecule has 0 aliphatic heterocycles. The summed E-state index contributed by atoms with van der Waals surface area (Å²) in [4.78, 5) is 30.5. The van der Waals surface area contributed by atoms with Crippen LogP contribution in [0.4, 0.5) is 5.69 Å². The molecular formula is C25H27N5O2S. The average Bonchev–Trinajstić information content (AvgIpc) is 3.24. The quantitative estimate of drug-likeness (QED) is 0.314. The van der Waals surface area contributed by atoms with Crippen molar-refractivity contribution in [3.8, 4) is 0 Å². The lowest BCUT2D eigenvalue weighted by Gasteiger charge is -2.12. The average molecular weight is 462 g/mol. The van der Waals surface area contributed by atoms with Crippen molar-refractivity contribution in [2.45, 2.75) is 45.4 Å². The van der Waals surface area contributed by atoms with Gasteiger partial charge in [0.15, 0.2) is 10.7 Å². The smallest absolute Gasteiger partial charge is 0.282 e. The van der Waals surface area contributed by atoms with Gasteiger partial charge < -0.3 is 5.32 Å². The lowest BCUT2D eigenvalue weighted by atomic mass is 10.1. The van der Waals surface area contributed by atoms with Crippen molar-refractivity contribution < 1.29 is 4.79 Å². The van der Waals surface area contributed by atoms with Gasteiger partial charge in [0.1, 0.15) is 5.52 Å². The zero-order valence-corrected chi connectivity index (χ0v) is 19.9. The molecule has 7 nitrogen and oxygen atoms in total. The Morgan fingerprint density at radius 3 is 2.61 bits per heavy atom. The SMILES string of the molecule is CCn1cc2nc(SCC(=O)Nc3ccc(C)c(C)c3)n(CCc3ccccc3)c(=O)c2n1. The fourth-order valence-corrected chi connectivity index (χ4v) is 4.35. The molecule has 4 aromatic rings. The number of amides is 1. The summed E-state index contributed by atoms with van der Waals surface area (Å²) in [5.41, 5.74) is 4.92. The monoisotopic (exact) mass is 461 g/mol. The van der Waals surface area contributed by atoms with Gasteiger partial charge in [-0.2, -0.15) is 5.10 Å². The second kappa shape index (κ2) is 10.0. The Balaban J connectivity index is 1.56. The highest BCUT2D eigenvalue weighted by molar-refractivity contribution is 7.99. The van der Waals surface area contributed by atoms with Crippen molar-refractivity contribution in [2.75, 3.05) is 11.1 Å². The second-order valence-corrected chi connectivity index (χ2v) is 8.88. The van der Waals surface area contributed by atoms with Crippen molar-refractivity contribution in [1.82, 2.24) is 19.3 Å². The van der Waals surface area contributed by atoms with Crippen LogP contribution in [0.5, 0.6) is 0 Å². The van der Waals surface area contributed by atoms with E-state index in [1.807, 2.05) is 69.3 Å². The van der Waals surface area contributed by atoms with Crippen molar-refractivity contribution >= 4 is 34.4 Å². The van der Waals surface area contributed by atoms with Crippen molar-refractivity contribution in [1.29, 1.82) is 0 Å². The lowest BCUT2D eigenvalue weighted by molar-refractivity contribution is -0.113. The summed E-state index contributed by atoms with van der Waals surface area (Å²) in [5.74, 6) is 0.00875. The number of fused-ring (bicyclic) bond motifs is 1. The molecule has 1 N–H and O–H groups in total. The summed E-state index contributed by atoms with van der Waals surface area (Å²) in [6.45, 7) is 7.13. The fourth-order valence-electron chi connectivity index (χ4n) is 3.52. The Morgan fingerprint density at radius 1 is 1.09 bits per heavy atom. The molecule has 2 aromatic heterocycles. The minimum atomic E-state index is -0.180. The number of rotatable bonds is 8. The van der Waals surface area contributed by atoms with E-state index in [4.69, 9.17) is 0 Å². The number of nitrogens with zero attached hydrogens (tertiary/aromatic N) is 4. The van der Waals surface area contributed by atoms with E-state index < -0.39 is 0 Å². The first-order valence-corrected chi connectivity index (χ1v) is 11.9. The molecule has 0 fully saturated rings. The Bertz CT molecular complexity index is 1340. The third-order valence-corrected chi connectivity index (χ3v) is 6.53. The summed E-state index contributed by atoms with van der Waals surface area (Å²) >= 11 is 1.27. The molecular weight excluding hydrogens is 434 g/mol. The van der Waals surface area contributed by atoms with Crippen molar-refractivity contribution in [2.24, 2.45) is 0 Å². The molecule has 2 heterocycles. The lowest BCUT2D eigenvalue weighted by Crippen LogP contribution is -2.25. The Labute approximate surface area is 196 Å². The van der Waals surface area contributed by atoms with E-state index in [-0.39, 0.29) is 17.2 Å². The highest BCUT2D eigenvalue weighted by atomic mass is 32.2. The second-order valence-electron chi connectivity index (χ2n) is 7.94. The maximum absolute atomic E-state index is 13.2. The largest absolute Gasteiger partial charge is 0.325 e. The number of anilines is 1. The fraction of sp³-hybridized carbons (Fsp3) is 0.280. The maximum Gasteiger partial charge on any atom is 0.282 e. The number of carbonyl (C=O) groups is 1. The van der Waals surface area contributed by atoms with Gasteiger partial charge in [0.2, 0.25) is 5.91 Å². The van der Waals surface area contributed by atoms with E-state index in [9.17, 15) is 9.59 Å². The predicted octanol–water partition coefficient (Wildman–Crippen LogP) is 4.20. The highest BCUT2D eigenvalue weighted by Crippen LogP contribution is 2.20. The van der Waals surface area contributed by atoms with Crippen LogP contribution in [0.3, 0.4) is 0 Å². The van der Waals surface area contributed by atoms with Crippen molar-refractivity contribution in [3.05, 3.63) is 81.8 Å². The molecule has 0 aliphatic rings. The maximum atomic E-state index is 13.2. The summed E-state index contributed by atoms with van der Waals surface area (Å²) < 4.78 is 3.35. The molecule has 0 bridgehead atoms. The van der Waals surface area contributed by atoms with E-state index in [0.717, 1.165) is 16.8 Å². The molecule has 33 heavy (non-hydrogen) atoms. The molecule has 2 aromatic carbocycles. The van der Waals surface area contributed by atoms with Gasteiger partial charge in [-0.05, 0) is 56.0 Å². The molecule has 0 unspecified atom stereocenters. The van der Waals surface area contributed by atoms with Crippen LogP contribution in [-0.4, -0.2) is 31.0 Å². The summed E-state index contributed by atoms with van der Waals surface area (Å²) in [7, 11) is 0. The van der Waals surface area contributed by atoms with Gasteiger partial charge in [0, 0.05) is 18.8 Å². The predicted molar refractivity (Wildman–Crippen MR) is 133 cm³/mol. The first-order valence-electron chi connectivity index (χ1n) is 11.0. The summed E-state index contributed by atoms with van der Waals surface area (Å²) in [5, 5.41) is 7.84. The van der Waals surface area contributed by atoms with E-state index in [0.29, 0.717) is 35.7 Å². The van der Waals surface area contributed by atoms with Gasteiger partial charge in [-0.25, -0.2) is 4.98 Å². The number of aromatic nitrogens is 4. The third kappa shape index (κ3) is 5.34. The number of hydrogen-bond acceptors (Lipinski definition) is 5. The van der Waals surface area contributed by atoms with E-state index in [2.05, 4.69) is 15.4 Å². The summed E-state index contributed by atoms with van der Waals surface area (Å²) in [6.07, 6.45) is 2.46. The third-order valence-electron chi connectivity index (χ3n) is 5.55. The molecule has 0 saturated carbocycles. The molecule has 0 spiro atoms. The van der Waals surface area contributed by atoms with Crippen LogP contribution >= 0.6 is 11.8 Å². The molecule has 1 amide bonds. The zero-order chi connectivity index (χ0) is 23.4. The Morgan fingerprint density at radius 2 is 1.88 bits per heavy atom. The summed E-state index contributed by atoms with van der Waals surface area (Å²) in [6, 6.07) is 15.8. The van der Waals surface area contributed by atoms with E-state index in [1.54, 1.807) is 15.4 Å². The van der Waals surface area contributed by atoms with Gasteiger partial charge in [-0.1, -0.05) is 48.2 Å². The van der Waals surface area contributed by atoms with E-state index in [1.165, 1.54) is 17.3 Å². The van der Waals surface area contributed by atoms with Crippen LogP contribution in [0.15, 0.2) is 64.7 Å². The highest BCUT2D eigenvalue weighted by Gasteiger charge is 2.16. The van der Waals surface area contributed by atoms with Gasteiger partial charge in [0.05, 0.1) is 11.9 Å². The molecule has 8 heteroatoms. The van der Waals surface area contributed by atoms with Crippen LogP contribution in [0.2, 0.25) is 0 Å². The van der Waals surface area contributed by atoms with Gasteiger partial charge in [-0.15, -0.1) is 0 Å². The van der Waals surface area contributed by atoms with Gasteiger partial charge in [-0.3, -0.25) is 18.8 Å². The Kier molecular flexibility index (Phi) is 6.93. The minimum Gasteiger partial charge on any atom is -0.325 e. The standard InChI is InChI=1S/C25H27N5O2S/c1-4-29-15-21-23(28-29)24(32)30(13-12-19-8-6-5-7-9-19)25(27-21)33-16-22(31)26-20-11-10-17(2)18(3)14-20/h5-11,14-15H,4,12-13,16H2,1-3H3,(H,26,31). The zero-order valence-electron chi connectivity index (χ0n) is 19.0. The van der Waals surface area contributed by atoms with Crippen LogP contribution in [0.25, 0.3) is 11.0 Å². The number of aryl methyl sites for hydroxylation is 4. The number of benzene rings is 2. The minimum absolute atomic E-state index is 0.142. The molecule has 170 valence electrons.